The molecule has 0 radical (unpaired) electrons. The van der Waals surface area contributed by atoms with Gasteiger partial charge in [-0.05, 0) is 43.1 Å². The molecule has 6 nitrogen and oxygen atoms in total. The van der Waals surface area contributed by atoms with Gasteiger partial charge >= 0.3 is 0 Å². The van der Waals surface area contributed by atoms with E-state index in [1.807, 2.05) is 6.07 Å². The number of nitrogens with zero attached hydrogens (tertiary/aromatic N) is 4. The van der Waals surface area contributed by atoms with Crippen LogP contribution in [0.5, 0.6) is 0 Å². The lowest BCUT2D eigenvalue weighted by molar-refractivity contribution is -0.122. The Balaban J connectivity index is 1.12. The Morgan fingerprint density at radius 3 is 2.60 bits per heavy atom. The monoisotopic (exact) mass is 343 g/mol. The predicted octanol–water partition coefficient (Wildman–Crippen LogP) is 1.54. The van der Waals surface area contributed by atoms with Crippen LogP contribution in [0.15, 0.2) is 18.5 Å². The van der Waals surface area contributed by atoms with Crippen LogP contribution in [0.2, 0.25) is 0 Å². The van der Waals surface area contributed by atoms with Gasteiger partial charge in [0.1, 0.15) is 0 Å². The van der Waals surface area contributed by atoms with Crippen LogP contribution in [0.1, 0.15) is 32.1 Å². The summed E-state index contributed by atoms with van der Waals surface area (Å²) in [5, 5.41) is 3.14. The van der Waals surface area contributed by atoms with E-state index in [0.29, 0.717) is 5.92 Å². The van der Waals surface area contributed by atoms with Crippen LogP contribution in [0.25, 0.3) is 0 Å². The molecule has 3 fully saturated rings. The molecule has 1 aromatic rings. The number of hydrogen-bond acceptors (Lipinski definition) is 5. The summed E-state index contributed by atoms with van der Waals surface area (Å²) in [4.78, 5) is 25.5. The Hall–Kier alpha value is -1.69. The van der Waals surface area contributed by atoms with Crippen molar-refractivity contribution in [3.8, 4) is 0 Å². The minimum absolute atomic E-state index is 0.258. The van der Waals surface area contributed by atoms with E-state index in [0.717, 1.165) is 63.5 Å². The van der Waals surface area contributed by atoms with Crippen molar-refractivity contribution in [2.45, 2.75) is 32.1 Å². The first-order chi connectivity index (χ1) is 12.3. The van der Waals surface area contributed by atoms with Gasteiger partial charge in [0, 0.05) is 58.1 Å². The molecule has 2 saturated carbocycles. The highest BCUT2D eigenvalue weighted by Crippen LogP contribution is 2.49. The summed E-state index contributed by atoms with van der Waals surface area (Å²) in [6, 6.07) is 1.85. The first-order valence-electron chi connectivity index (χ1n) is 9.79. The highest BCUT2D eigenvalue weighted by atomic mass is 16.1. The average Bonchev–Trinajstić information content (AvgIpc) is 3.26. The third-order valence-electron chi connectivity index (χ3n) is 6.29. The third kappa shape index (κ3) is 4.11. The molecule has 1 saturated heterocycles. The lowest BCUT2D eigenvalue weighted by Crippen LogP contribution is -2.49. The largest absolute Gasteiger partial charge is 0.355 e. The molecule has 25 heavy (non-hydrogen) atoms. The van der Waals surface area contributed by atoms with Crippen LogP contribution in [0.3, 0.4) is 0 Å². The molecule has 136 valence electrons. The zero-order valence-corrected chi connectivity index (χ0v) is 14.9. The van der Waals surface area contributed by atoms with Gasteiger partial charge in [0.05, 0.1) is 0 Å². The highest BCUT2D eigenvalue weighted by molar-refractivity contribution is 5.76. The molecule has 6 heteroatoms. The molecule has 1 aliphatic heterocycles. The van der Waals surface area contributed by atoms with Crippen molar-refractivity contribution in [2.24, 2.45) is 17.8 Å². The molecule has 2 heterocycles. The van der Waals surface area contributed by atoms with Gasteiger partial charge in [-0.1, -0.05) is 6.42 Å². The second-order valence-corrected chi connectivity index (χ2v) is 7.87. The standard InChI is InChI=1S/C19H29N5O/c25-18(14-17-13-15-2-3-16(17)12-15)20-6-7-23-8-10-24(11-9-23)19-21-4-1-5-22-19/h1,4-5,15-17H,2-3,6-14H2,(H,20,25)/t15-,16-,17-/m0/s1. The average molecular weight is 343 g/mol. The number of hydrogen-bond donors (Lipinski definition) is 1. The van der Waals surface area contributed by atoms with Crippen molar-refractivity contribution < 1.29 is 4.79 Å². The zero-order valence-electron chi connectivity index (χ0n) is 14.9. The number of amides is 1. The Kier molecular flexibility index (Phi) is 5.15. The first-order valence-corrected chi connectivity index (χ1v) is 9.79. The topological polar surface area (TPSA) is 61.4 Å². The van der Waals surface area contributed by atoms with E-state index in [4.69, 9.17) is 0 Å². The van der Waals surface area contributed by atoms with Crippen LogP contribution in [-0.4, -0.2) is 60.0 Å². The fourth-order valence-electron chi connectivity index (χ4n) is 4.92. The minimum atomic E-state index is 0.258. The lowest BCUT2D eigenvalue weighted by Gasteiger charge is -2.34. The number of aromatic nitrogens is 2. The molecule has 0 spiro atoms. The first kappa shape index (κ1) is 16.8. The molecule has 1 N–H and O–H groups in total. The van der Waals surface area contributed by atoms with Crippen molar-refractivity contribution >= 4 is 11.9 Å². The predicted molar refractivity (Wildman–Crippen MR) is 97.2 cm³/mol. The van der Waals surface area contributed by atoms with Gasteiger partial charge in [0.2, 0.25) is 11.9 Å². The number of carbonyl (C=O) groups is 1. The number of piperazine rings is 1. The van der Waals surface area contributed by atoms with E-state index in [2.05, 4.69) is 25.1 Å². The molecular formula is C19H29N5O. The molecular weight excluding hydrogens is 314 g/mol. The van der Waals surface area contributed by atoms with Crippen molar-refractivity contribution in [3.05, 3.63) is 18.5 Å². The molecule has 2 aliphatic carbocycles. The number of rotatable bonds is 6. The van der Waals surface area contributed by atoms with Gasteiger partial charge in [-0.3, -0.25) is 9.69 Å². The SMILES string of the molecule is O=C(C[C@@H]1C[C@H]2CC[C@H]1C2)NCCN1CCN(c2ncccn2)CC1. The van der Waals surface area contributed by atoms with Crippen LogP contribution in [0, 0.1) is 17.8 Å². The third-order valence-corrected chi connectivity index (χ3v) is 6.29. The van der Waals surface area contributed by atoms with Crippen LogP contribution >= 0.6 is 0 Å². The van der Waals surface area contributed by atoms with Crippen molar-refractivity contribution in [1.82, 2.24) is 20.2 Å². The Morgan fingerprint density at radius 1 is 1.12 bits per heavy atom. The van der Waals surface area contributed by atoms with E-state index in [1.165, 1.54) is 25.7 Å². The van der Waals surface area contributed by atoms with E-state index in [1.54, 1.807) is 12.4 Å². The summed E-state index contributed by atoms with van der Waals surface area (Å²) in [6.45, 7) is 5.60. The van der Waals surface area contributed by atoms with Gasteiger partial charge in [-0.2, -0.15) is 0 Å². The molecule has 1 amide bonds. The lowest BCUT2D eigenvalue weighted by atomic mass is 9.86. The molecule has 4 rings (SSSR count). The Labute approximate surface area is 150 Å². The summed E-state index contributed by atoms with van der Waals surface area (Å²) >= 11 is 0. The van der Waals surface area contributed by atoms with Crippen LogP contribution in [0.4, 0.5) is 5.95 Å². The molecule has 1 aromatic heterocycles. The maximum Gasteiger partial charge on any atom is 0.225 e. The Morgan fingerprint density at radius 2 is 1.92 bits per heavy atom. The summed E-state index contributed by atoms with van der Waals surface area (Å²) in [5.41, 5.74) is 0. The van der Waals surface area contributed by atoms with Gasteiger partial charge in [-0.15, -0.1) is 0 Å². The quantitative estimate of drug-likeness (QED) is 0.849. The van der Waals surface area contributed by atoms with Crippen LogP contribution in [-0.2, 0) is 4.79 Å². The molecule has 2 bridgehead atoms. The highest BCUT2D eigenvalue weighted by Gasteiger charge is 2.40. The maximum atomic E-state index is 12.2. The second-order valence-electron chi connectivity index (χ2n) is 7.87. The van der Waals surface area contributed by atoms with E-state index < -0.39 is 0 Å². The zero-order chi connectivity index (χ0) is 17.1. The van der Waals surface area contributed by atoms with Crippen LogP contribution < -0.4 is 10.2 Å². The molecule has 3 aliphatic rings. The number of anilines is 1. The Bertz CT molecular complexity index is 572. The fourth-order valence-corrected chi connectivity index (χ4v) is 4.92. The van der Waals surface area contributed by atoms with Gasteiger partial charge in [0.15, 0.2) is 0 Å². The molecule has 0 unspecified atom stereocenters. The summed E-state index contributed by atoms with van der Waals surface area (Å²) < 4.78 is 0. The smallest absolute Gasteiger partial charge is 0.225 e. The van der Waals surface area contributed by atoms with E-state index in [9.17, 15) is 4.79 Å². The summed E-state index contributed by atoms with van der Waals surface area (Å²) in [7, 11) is 0. The summed E-state index contributed by atoms with van der Waals surface area (Å²) in [6.07, 6.45) is 9.77. The van der Waals surface area contributed by atoms with Gasteiger partial charge in [0.25, 0.3) is 0 Å². The van der Waals surface area contributed by atoms with Crippen molar-refractivity contribution in [3.63, 3.8) is 0 Å². The number of fused-ring (bicyclic) bond motifs is 2. The minimum Gasteiger partial charge on any atom is -0.355 e. The maximum absolute atomic E-state index is 12.2. The van der Waals surface area contributed by atoms with Crippen molar-refractivity contribution in [2.75, 3.05) is 44.2 Å². The number of nitrogens with one attached hydrogen (secondary N) is 1. The number of carbonyl (C=O) groups excluding carboxylic acids is 1. The summed E-state index contributed by atoms with van der Waals surface area (Å²) in [5.74, 6) is 3.50. The molecule has 3 atom stereocenters. The fraction of sp³-hybridized carbons (Fsp3) is 0.737. The normalized spacial score (nSPS) is 29.1. The molecule has 0 aromatic carbocycles. The van der Waals surface area contributed by atoms with E-state index >= 15 is 0 Å². The second kappa shape index (κ2) is 7.68. The van der Waals surface area contributed by atoms with E-state index in [-0.39, 0.29) is 5.91 Å². The van der Waals surface area contributed by atoms with Gasteiger partial charge in [-0.25, -0.2) is 9.97 Å². The van der Waals surface area contributed by atoms with Gasteiger partial charge < -0.3 is 10.2 Å². The van der Waals surface area contributed by atoms with Crippen molar-refractivity contribution in [1.29, 1.82) is 0 Å².